The number of furan rings is 1. The van der Waals surface area contributed by atoms with Crippen molar-refractivity contribution in [1.82, 2.24) is 5.32 Å². The van der Waals surface area contributed by atoms with E-state index in [0.717, 1.165) is 30.2 Å². The highest BCUT2D eigenvalue weighted by Crippen LogP contribution is 2.22. The van der Waals surface area contributed by atoms with Gasteiger partial charge in [-0.25, -0.2) is 4.79 Å². The van der Waals surface area contributed by atoms with Crippen molar-refractivity contribution in [3.05, 3.63) is 47.7 Å². The fourth-order valence-electron chi connectivity index (χ4n) is 2.00. The summed E-state index contributed by atoms with van der Waals surface area (Å²) in [4.78, 5) is 11.4. The lowest BCUT2D eigenvalue weighted by molar-refractivity contribution is 0.0601. The van der Waals surface area contributed by atoms with Gasteiger partial charge in [0, 0.05) is 5.56 Å². The number of nitrogens with one attached hydrogen (secondary N) is 1. The summed E-state index contributed by atoms with van der Waals surface area (Å²) in [5, 5.41) is 3.34. The maximum Gasteiger partial charge on any atom is 0.337 e. The second-order valence-electron chi connectivity index (χ2n) is 5.36. The first kappa shape index (κ1) is 15.3. The summed E-state index contributed by atoms with van der Waals surface area (Å²) in [5.41, 5.74) is 1.48. The van der Waals surface area contributed by atoms with Crippen LogP contribution in [0.2, 0.25) is 0 Å². The summed E-state index contributed by atoms with van der Waals surface area (Å²) in [6, 6.07) is 11.1. The zero-order valence-corrected chi connectivity index (χ0v) is 12.7. The summed E-state index contributed by atoms with van der Waals surface area (Å²) in [6.45, 7) is 6.02. The van der Waals surface area contributed by atoms with Crippen molar-refractivity contribution >= 4 is 5.97 Å². The van der Waals surface area contributed by atoms with E-state index in [1.807, 2.05) is 24.3 Å². The molecule has 0 saturated heterocycles. The number of carbonyl (C=O) groups excluding carboxylic acids is 1. The average Bonchev–Trinajstić information content (AvgIpc) is 2.95. The Morgan fingerprint density at radius 1 is 1.19 bits per heavy atom. The van der Waals surface area contributed by atoms with E-state index in [0.29, 0.717) is 11.5 Å². The van der Waals surface area contributed by atoms with Crippen molar-refractivity contribution in [3.63, 3.8) is 0 Å². The van der Waals surface area contributed by atoms with Crippen LogP contribution in [-0.2, 0) is 11.3 Å². The third-order valence-corrected chi connectivity index (χ3v) is 3.10. The molecule has 21 heavy (non-hydrogen) atoms. The molecule has 0 unspecified atom stereocenters. The van der Waals surface area contributed by atoms with Crippen molar-refractivity contribution in [2.75, 3.05) is 13.7 Å². The Labute approximate surface area is 125 Å². The molecule has 1 heterocycles. The molecule has 0 aliphatic rings. The largest absolute Gasteiger partial charge is 0.465 e. The summed E-state index contributed by atoms with van der Waals surface area (Å²) in [6.07, 6.45) is 0. The first-order valence-corrected chi connectivity index (χ1v) is 7.08. The maximum absolute atomic E-state index is 11.4. The van der Waals surface area contributed by atoms with Gasteiger partial charge in [-0.1, -0.05) is 26.0 Å². The van der Waals surface area contributed by atoms with Gasteiger partial charge in [-0.3, -0.25) is 0 Å². The Kier molecular flexibility index (Phi) is 5.17. The van der Waals surface area contributed by atoms with Gasteiger partial charge in [-0.05, 0) is 36.7 Å². The Bertz CT molecular complexity index is 584. The van der Waals surface area contributed by atoms with Crippen molar-refractivity contribution in [1.29, 1.82) is 0 Å². The number of rotatable bonds is 6. The molecule has 0 spiro atoms. The molecule has 1 N–H and O–H groups in total. The van der Waals surface area contributed by atoms with E-state index in [1.165, 1.54) is 7.11 Å². The molecule has 0 amide bonds. The van der Waals surface area contributed by atoms with Crippen LogP contribution in [0.1, 0.15) is 30.0 Å². The van der Waals surface area contributed by atoms with Gasteiger partial charge >= 0.3 is 5.97 Å². The molecule has 4 heteroatoms. The van der Waals surface area contributed by atoms with Gasteiger partial charge in [0.25, 0.3) is 0 Å². The van der Waals surface area contributed by atoms with Gasteiger partial charge in [0.05, 0.1) is 19.2 Å². The fraction of sp³-hybridized carbons (Fsp3) is 0.353. The summed E-state index contributed by atoms with van der Waals surface area (Å²) < 4.78 is 10.5. The molecule has 0 aliphatic heterocycles. The smallest absolute Gasteiger partial charge is 0.337 e. The lowest BCUT2D eigenvalue weighted by atomic mass is 10.1. The van der Waals surface area contributed by atoms with Crippen molar-refractivity contribution in [2.45, 2.75) is 20.4 Å². The second-order valence-corrected chi connectivity index (χ2v) is 5.36. The van der Waals surface area contributed by atoms with Crippen molar-refractivity contribution in [3.8, 4) is 11.3 Å². The molecule has 0 radical (unpaired) electrons. The normalized spacial score (nSPS) is 10.9. The van der Waals surface area contributed by atoms with Gasteiger partial charge in [0.15, 0.2) is 0 Å². The molecule has 2 aromatic rings. The minimum Gasteiger partial charge on any atom is -0.465 e. The molecule has 0 fully saturated rings. The van der Waals surface area contributed by atoms with E-state index in [9.17, 15) is 4.79 Å². The Morgan fingerprint density at radius 3 is 2.52 bits per heavy atom. The number of hydrogen-bond acceptors (Lipinski definition) is 4. The van der Waals surface area contributed by atoms with Crippen LogP contribution in [0.15, 0.2) is 40.8 Å². The standard InChI is InChI=1S/C17H21NO3/c1-12(2)10-18-11-15-8-9-16(21-15)13-4-6-14(7-5-13)17(19)20-3/h4-9,12,18H,10-11H2,1-3H3. The first-order chi connectivity index (χ1) is 10.1. The molecule has 1 aromatic carbocycles. The monoisotopic (exact) mass is 287 g/mol. The molecular weight excluding hydrogens is 266 g/mol. The number of ether oxygens (including phenoxy) is 1. The highest BCUT2D eigenvalue weighted by molar-refractivity contribution is 5.89. The van der Waals surface area contributed by atoms with Gasteiger partial charge in [0.1, 0.15) is 11.5 Å². The van der Waals surface area contributed by atoms with Crippen molar-refractivity contribution < 1.29 is 13.9 Å². The van der Waals surface area contributed by atoms with E-state index in [-0.39, 0.29) is 5.97 Å². The minimum atomic E-state index is -0.334. The van der Waals surface area contributed by atoms with Gasteiger partial charge in [0.2, 0.25) is 0 Å². The predicted molar refractivity (Wildman–Crippen MR) is 82.0 cm³/mol. The highest BCUT2D eigenvalue weighted by atomic mass is 16.5. The summed E-state index contributed by atoms with van der Waals surface area (Å²) >= 11 is 0. The fourth-order valence-corrected chi connectivity index (χ4v) is 2.00. The Balaban J connectivity index is 2.02. The zero-order chi connectivity index (χ0) is 15.2. The van der Waals surface area contributed by atoms with E-state index in [1.54, 1.807) is 12.1 Å². The minimum absolute atomic E-state index is 0.334. The lowest BCUT2D eigenvalue weighted by Crippen LogP contribution is -2.18. The zero-order valence-electron chi connectivity index (χ0n) is 12.7. The van der Waals surface area contributed by atoms with Gasteiger partial charge < -0.3 is 14.5 Å². The summed E-state index contributed by atoms with van der Waals surface area (Å²) in [7, 11) is 1.37. The number of carbonyl (C=O) groups is 1. The van der Waals surface area contributed by atoms with Crippen LogP contribution in [0.3, 0.4) is 0 Å². The van der Waals surface area contributed by atoms with Gasteiger partial charge in [-0.2, -0.15) is 0 Å². The van der Waals surface area contributed by atoms with Crippen LogP contribution >= 0.6 is 0 Å². The Morgan fingerprint density at radius 2 is 1.90 bits per heavy atom. The molecule has 2 rings (SSSR count). The maximum atomic E-state index is 11.4. The third kappa shape index (κ3) is 4.20. The van der Waals surface area contributed by atoms with Crippen LogP contribution in [0, 0.1) is 5.92 Å². The predicted octanol–water partition coefficient (Wildman–Crippen LogP) is 3.48. The van der Waals surface area contributed by atoms with E-state index in [2.05, 4.69) is 23.9 Å². The number of esters is 1. The number of hydrogen-bond donors (Lipinski definition) is 1. The van der Waals surface area contributed by atoms with Crippen molar-refractivity contribution in [2.24, 2.45) is 5.92 Å². The van der Waals surface area contributed by atoms with E-state index < -0.39 is 0 Å². The van der Waals surface area contributed by atoms with E-state index >= 15 is 0 Å². The second kappa shape index (κ2) is 7.09. The quantitative estimate of drug-likeness (QED) is 0.826. The molecular formula is C17H21NO3. The SMILES string of the molecule is COC(=O)c1ccc(-c2ccc(CNCC(C)C)o2)cc1. The summed E-state index contributed by atoms with van der Waals surface area (Å²) in [5.74, 6) is 1.99. The highest BCUT2D eigenvalue weighted by Gasteiger charge is 2.08. The molecule has 0 aliphatic carbocycles. The van der Waals surface area contributed by atoms with Crippen LogP contribution < -0.4 is 5.32 Å². The van der Waals surface area contributed by atoms with Crippen LogP contribution in [0.25, 0.3) is 11.3 Å². The van der Waals surface area contributed by atoms with Crippen LogP contribution in [0.5, 0.6) is 0 Å². The Hall–Kier alpha value is -2.07. The molecule has 0 atom stereocenters. The average molecular weight is 287 g/mol. The van der Waals surface area contributed by atoms with Crippen LogP contribution in [0.4, 0.5) is 0 Å². The molecule has 112 valence electrons. The number of methoxy groups -OCH3 is 1. The van der Waals surface area contributed by atoms with Crippen LogP contribution in [-0.4, -0.2) is 19.6 Å². The lowest BCUT2D eigenvalue weighted by Gasteiger charge is -2.05. The molecule has 0 bridgehead atoms. The molecule has 0 saturated carbocycles. The number of benzene rings is 1. The topological polar surface area (TPSA) is 51.5 Å². The molecule has 1 aromatic heterocycles. The third-order valence-electron chi connectivity index (χ3n) is 3.10. The van der Waals surface area contributed by atoms with Gasteiger partial charge in [-0.15, -0.1) is 0 Å². The molecule has 4 nitrogen and oxygen atoms in total. The van der Waals surface area contributed by atoms with E-state index in [4.69, 9.17) is 4.42 Å². The first-order valence-electron chi connectivity index (χ1n) is 7.08.